The van der Waals surface area contributed by atoms with Crippen LogP contribution in [0.25, 0.3) is 0 Å². The lowest BCUT2D eigenvalue weighted by molar-refractivity contribution is -0.524. The summed E-state index contributed by atoms with van der Waals surface area (Å²) in [5, 5.41) is 11.4. The van der Waals surface area contributed by atoms with Crippen LogP contribution < -0.4 is 0 Å². The van der Waals surface area contributed by atoms with Gasteiger partial charge in [-0.15, -0.1) is 0 Å². The van der Waals surface area contributed by atoms with Crippen molar-refractivity contribution in [3.05, 3.63) is 23.3 Å². The van der Waals surface area contributed by atoms with Gasteiger partial charge in [0.15, 0.2) is 0 Å². The molecular formula is C21H37NO5. The Morgan fingerprint density at radius 1 is 1.00 bits per heavy atom. The number of nitro groups is 1. The van der Waals surface area contributed by atoms with Crippen LogP contribution in [0.5, 0.6) is 0 Å². The Morgan fingerprint density at radius 3 is 2.48 bits per heavy atom. The maximum Gasteiger partial charge on any atom is 0.224 e. The molecule has 6 heteroatoms. The summed E-state index contributed by atoms with van der Waals surface area (Å²) in [6, 6.07) is -0.452. The monoisotopic (exact) mass is 383 g/mol. The lowest BCUT2D eigenvalue weighted by Crippen LogP contribution is -2.24. The quantitative estimate of drug-likeness (QED) is 0.277. The third kappa shape index (κ3) is 9.35. The van der Waals surface area contributed by atoms with E-state index in [2.05, 4.69) is 6.92 Å². The SMILES string of the molecule is [CH2]CCCCCCC(CCC[C]1OC2CCCCC(COCC2)O1)[N+](=O)[O-]. The molecule has 2 heterocycles. The zero-order valence-electron chi connectivity index (χ0n) is 16.7. The van der Waals surface area contributed by atoms with Crippen molar-refractivity contribution in [3.8, 4) is 0 Å². The molecular weight excluding hydrogens is 346 g/mol. The first-order valence-electron chi connectivity index (χ1n) is 10.9. The van der Waals surface area contributed by atoms with E-state index < -0.39 is 6.04 Å². The summed E-state index contributed by atoms with van der Waals surface area (Å²) in [5.74, 6) is 0. The van der Waals surface area contributed by atoms with Crippen molar-refractivity contribution in [3.63, 3.8) is 0 Å². The summed E-state index contributed by atoms with van der Waals surface area (Å²) in [5.41, 5.74) is 0. The Hall–Kier alpha value is -0.720. The zero-order valence-corrected chi connectivity index (χ0v) is 16.7. The molecule has 0 amide bonds. The molecule has 0 aromatic heterocycles. The summed E-state index contributed by atoms with van der Waals surface area (Å²) in [4.78, 5) is 11.3. The van der Waals surface area contributed by atoms with Gasteiger partial charge in [-0.2, -0.15) is 0 Å². The molecule has 2 saturated heterocycles. The van der Waals surface area contributed by atoms with Crippen LogP contribution in [-0.2, 0) is 14.2 Å². The normalized spacial score (nSPS) is 25.8. The van der Waals surface area contributed by atoms with E-state index in [0.29, 0.717) is 32.2 Å². The first-order valence-corrected chi connectivity index (χ1v) is 10.9. The summed E-state index contributed by atoms with van der Waals surface area (Å²) < 4.78 is 17.9. The summed E-state index contributed by atoms with van der Waals surface area (Å²) in [6.07, 6.45) is 13.9. The number of hydrogen-bond acceptors (Lipinski definition) is 5. The van der Waals surface area contributed by atoms with Gasteiger partial charge >= 0.3 is 0 Å². The van der Waals surface area contributed by atoms with E-state index in [4.69, 9.17) is 14.2 Å². The number of fused-ring (bicyclic) bond motifs is 4. The standard InChI is InChI=1S/C21H37NO5/c1-2-3-4-5-6-10-18(22(23)24)11-9-14-21-26-19-12-7-8-13-20(27-21)17-25-16-15-19/h18-20H,1-17H2. The highest BCUT2D eigenvalue weighted by Gasteiger charge is 2.28. The highest BCUT2D eigenvalue weighted by atomic mass is 16.7. The van der Waals surface area contributed by atoms with Crippen molar-refractivity contribution >= 4 is 0 Å². The third-order valence-electron chi connectivity index (χ3n) is 5.54. The van der Waals surface area contributed by atoms with Gasteiger partial charge in [-0.3, -0.25) is 10.1 Å². The molecule has 0 N–H and O–H groups in total. The molecule has 3 atom stereocenters. The van der Waals surface area contributed by atoms with Gasteiger partial charge in [-0.1, -0.05) is 45.4 Å². The van der Waals surface area contributed by atoms with Gasteiger partial charge in [0, 0.05) is 30.8 Å². The van der Waals surface area contributed by atoms with Crippen LogP contribution >= 0.6 is 0 Å². The third-order valence-corrected chi connectivity index (χ3v) is 5.54. The highest BCUT2D eigenvalue weighted by Crippen LogP contribution is 2.28. The number of unbranched alkanes of at least 4 members (excludes halogenated alkanes) is 4. The fraction of sp³-hybridized carbons (Fsp3) is 0.905. The van der Waals surface area contributed by atoms with E-state index in [-0.39, 0.29) is 17.1 Å². The fourth-order valence-corrected chi connectivity index (χ4v) is 3.88. The number of hydrogen-bond donors (Lipinski definition) is 0. The Labute approximate surface area is 164 Å². The smallest absolute Gasteiger partial charge is 0.224 e. The van der Waals surface area contributed by atoms with E-state index in [0.717, 1.165) is 77.2 Å². The van der Waals surface area contributed by atoms with Crippen molar-refractivity contribution in [2.45, 2.75) is 108 Å². The van der Waals surface area contributed by atoms with Gasteiger partial charge in [0.2, 0.25) is 12.3 Å². The molecule has 2 aliphatic rings. The molecule has 2 radical (unpaired) electrons. The second-order valence-electron chi connectivity index (χ2n) is 7.89. The number of nitrogens with zero attached hydrogens (tertiary/aromatic N) is 1. The predicted octanol–water partition coefficient (Wildman–Crippen LogP) is 5.23. The number of rotatable bonds is 11. The maximum absolute atomic E-state index is 11.4. The van der Waals surface area contributed by atoms with Crippen LogP contribution in [0.15, 0.2) is 0 Å². The topological polar surface area (TPSA) is 70.8 Å². The molecule has 0 aromatic carbocycles. The largest absolute Gasteiger partial charge is 0.379 e. The average molecular weight is 384 g/mol. The maximum atomic E-state index is 11.4. The van der Waals surface area contributed by atoms with Crippen molar-refractivity contribution in [1.29, 1.82) is 0 Å². The molecule has 3 unspecified atom stereocenters. The summed E-state index contributed by atoms with van der Waals surface area (Å²) in [7, 11) is 0. The summed E-state index contributed by atoms with van der Waals surface area (Å²) >= 11 is 0. The molecule has 0 saturated carbocycles. The Bertz CT molecular complexity index is 376. The lowest BCUT2D eigenvalue weighted by Gasteiger charge is -2.23. The first-order chi connectivity index (χ1) is 13.2. The molecule has 27 heavy (non-hydrogen) atoms. The molecule has 2 aliphatic heterocycles. The van der Waals surface area contributed by atoms with Crippen molar-refractivity contribution in [2.24, 2.45) is 0 Å². The van der Waals surface area contributed by atoms with Gasteiger partial charge in [0.1, 0.15) is 0 Å². The van der Waals surface area contributed by atoms with E-state index >= 15 is 0 Å². The van der Waals surface area contributed by atoms with E-state index in [1.165, 1.54) is 0 Å². The van der Waals surface area contributed by atoms with Gasteiger partial charge in [0.25, 0.3) is 0 Å². The molecule has 0 aromatic rings. The second kappa shape index (κ2) is 13.5. The van der Waals surface area contributed by atoms with E-state index in [1.807, 2.05) is 0 Å². The Morgan fingerprint density at radius 2 is 1.70 bits per heavy atom. The predicted molar refractivity (Wildman–Crippen MR) is 105 cm³/mol. The van der Waals surface area contributed by atoms with Crippen LogP contribution in [0, 0.1) is 23.3 Å². The lowest BCUT2D eigenvalue weighted by atomic mass is 10.0. The van der Waals surface area contributed by atoms with Crippen LogP contribution in [0.4, 0.5) is 0 Å². The minimum absolute atomic E-state index is 0.0521. The van der Waals surface area contributed by atoms with Gasteiger partial charge in [0.05, 0.1) is 18.8 Å². The highest BCUT2D eigenvalue weighted by molar-refractivity contribution is 4.78. The first kappa shape index (κ1) is 22.6. The molecule has 6 nitrogen and oxygen atoms in total. The zero-order chi connectivity index (χ0) is 19.3. The minimum atomic E-state index is -0.452. The summed E-state index contributed by atoms with van der Waals surface area (Å²) in [6.45, 7) is 5.17. The molecule has 2 rings (SSSR count). The van der Waals surface area contributed by atoms with Crippen LogP contribution in [0.1, 0.15) is 89.9 Å². The second-order valence-corrected chi connectivity index (χ2v) is 7.89. The number of ether oxygens (including phenoxy) is 3. The molecule has 0 spiro atoms. The Kier molecular flexibility index (Phi) is 11.2. The van der Waals surface area contributed by atoms with Gasteiger partial charge in [-0.25, -0.2) is 0 Å². The Balaban J connectivity index is 1.75. The van der Waals surface area contributed by atoms with E-state index in [1.54, 1.807) is 0 Å². The molecule has 2 fully saturated rings. The molecule has 0 aliphatic carbocycles. The van der Waals surface area contributed by atoms with Crippen molar-refractivity contribution in [1.82, 2.24) is 0 Å². The van der Waals surface area contributed by atoms with Crippen molar-refractivity contribution in [2.75, 3.05) is 13.2 Å². The van der Waals surface area contributed by atoms with Crippen LogP contribution in [0.2, 0.25) is 0 Å². The van der Waals surface area contributed by atoms with Gasteiger partial charge < -0.3 is 14.2 Å². The fourth-order valence-electron chi connectivity index (χ4n) is 3.88. The minimum Gasteiger partial charge on any atom is -0.379 e. The van der Waals surface area contributed by atoms with Crippen molar-refractivity contribution < 1.29 is 19.1 Å². The van der Waals surface area contributed by atoms with Crippen LogP contribution in [0.3, 0.4) is 0 Å². The van der Waals surface area contributed by atoms with E-state index in [9.17, 15) is 10.1 Å². The molecule has 156 valence electrons. The molecule has 2 bridgehead atoms. The average Bonchev–Trinajstić information content (AvgIpc) is 2.81. The van der Waals surface area contributed by atoms with Crippen LogP contribution in [-0.4, -0.2) is 36.4 Å². The van der Waals surface area contributed by atoms with Gasteiger partial charge in [-0.05, 0) is 32.1 Å².